The lowest BCUT2D eigenvalue weighted by molar-refractivity contribution is 0.469. The Balaban J connectivity index is 2.26. The molecule has 21 heavy (non-hydrogen) atoms. The highest BCUT2D eigenvalue weighted by molar-refractivity contribution is 6.20. The number of alkyl halides is 2. The predicted octanol–water partition coefficient (Wildman–Crippen LogP) is 5.82. The fourth-order valence-electron chi connectivity index (χ4n) is 2.27. The summed E-state index contributed by atoms with van der Waals surface area (Å²) in [5, 5.41) is 0.153. The van der Waals surface area contributed by atoms with Gasteiger partial charge in [0.05, 0.1) is 0 Å². The maximum Gasteiger partial charge on any atom is 0.130 e. The minimum Gasteiger partial charge on any atom is -0.457 e. The first kappa shape index (κ1) is 16.2. The summed E-state index contributed by atoms with van der Waals surface area (Å²) in [5.74, 6) is 1.72. The largest absolute Gasteiger partial charge is 0.457 e. The van der Waals surface area contributed by atoms with Crippen molar-refractivity contribution in [3.63, 3.8) is 0 Å². The number of para-hydroxylation sites is 2. The van der Waals surface area contributed by atoms with Crippen LogP contribution in [-0.4, -0.2) is 10.8 Å². The van der Waals surface area contributed by atoms with E-state index in [1.54, 1.807) is 0 Å². The molecule has 0 aliphatic rings. The van der Waals surface area contributed by atoms with Crippen LogP contribution < -0.4 is 4.74 Å². The van der Waals surface area contributed by atoms with E-state index in [0.717, 1.165) is 35.5 Å². The molecule has 0 radical (unpaired) electrons. The zero-order valence-corrected chi connectivity index (χ0v) is 13.9. The van der Waals surface area contributed by atoms with Gasteiger partial charge in [-0.05, 0) is 49.9 Å². The molecule has 112 valence electrons. The van der Waals surface area contributed by atoms with Crippen LogP contribution in [0.15, 0.2) is 48.5 Å². The molecule has 0 fully saturated rings. The maximum absolute atomic E-state index is 6.13. The van der Waals surface area contributed by atoms with Gasteiger partial charge in [-0.15, -0.1) is 23.2 Å². The Kier molecular flexibility index (Phi) is 5.96. The molecule has 0 aromatic heterocycles. The summed E-state index contributed by atoms with van der Waals surface area (Å²) in [6, 6.07) is 16.0. The van der Waals surface area contributed by atoms with Gasteiger partial charge < -0.3 is 4.74 Å². The second-order valence-corrected chi connectivity index (χ2v) is 6.78. The first-order valence-electron chi connectivity index (χ1n) is 7.18. The average Bonchev–Trinajstić information content (AvgIpc) is 2.42. The smallest absolute Gasteiger partial charge is 0.130 e. The topological polar surface area (TPSA) is 9.23 Å². The maximum atomic E-state index is 6.13. The number of halogens is 2. The van der Waals surface area contributed by atoms with E-state index < -0.39 is 0 Å². The molecule has 2 rings (SSSR count). The number of hydrogen-bond donors (Lipinski definition) is 0. The Morgan fingerprint density at radius 1 is 0.762 bits per heavy atom. The molecule has 0 saturated heterocycles. The van der Waals surface area contributed by atoms with Crippen molar-refractivity contribution < 1.29 is 4.74 Å². The van der Waals surface area contributed by atoms with Gasteiger partial charge in [-0.25, -0.2) is 0 Å². The summed E-state index contributed by atoms with van der Waals surface area (Å²) < 4.78 is 6.13. The van der Waals surface area contributed by atoms with Gasteiger partial charge in [0.25, 0.3) is 0 Å². The van der Waals surface area contributed by atoms with Crippen LogP contribution in [0.3, 0.4) is 0 Å². The lowest BCUT2D eigenvalue weighted by atomic mass is 10.1. The average molecular weight is 323 g/mol. The van der Waals surface area contributed by atoms with Crippen molar-refractivity contribution in [3.05, 3.63) is 59.7 Å². The SMILES string of the molecule is CC(Cl)Cc1ccccc1Oc1ccccc1CC(C)Cl. The number of hydrogen-bond acceptors (Lipinski definition) is 1. The molecule has 0 aliphatic heterocycles. The van der Waals surface area contributed by atoms with E-state index in [1.807, 2.05) is 50.2 Å². The highest BCUT2D eigenvalue weighted by atomic mass is 35.5. The molecule has 1 nitrogen and oxygen atoms in total. The van der Waals surface area contributed by atoms with Gasteiger partial charge in [-0.2, -0.15) is 0 Å². The van der Waals surface area contributed by atoms with Gasteiger partial charge in [0.2, 0.25) is 0 Å². The Morgan fingerprint density at radius 3 is 1.52 bits per heavy atom. The molecule has 0 spiro atoms. The second kappa shape index (κ2) is 7.72. The molecule has 0 saturated carbocycles. The quantitative estimate of drug-likeness (QED) is 0.609. The Morgan fingerprint density at radius 2 is 1.14 bits per heavy atom. The van der Waals surface area contributed by atoms with E-state index in [4.69, 9.17) is 27.9 Å². The molecule has 0 amide bonds. The van der Waals surface area contributed by atoms with Crippen molar-refractivity contribution in [3.8, 4) is 11.5 Å². The number of ether oxygens (including phenoxy) is 1. The highest BCUT2D eigenvalue weighted by Crippen LogP contribution is 2.30. The summed E-state index contributed by atoms with van der Waals surface area (Å²) in [4.78, 5) is 0. The molecule has 2 aromatic carbocycles. The van der Waals surface area contributed by atoms with Gasteiger partial charge in [0, 0.05) is 10.8 Å². The van der Waals surface area contributed by atoms with Crippen LogP contribution in [0.4, 0.5) is 0 Å². The minimum absolute atomic E-state index is 0.0767. The first-order chi connectivity index (χ1) is 10.1. The third-order valence-corrected chi connectivity index (χ3v) is 3.48. The van der Waals surface area contributed by atoms with Crippen molar-refractivity contribution in [2.24, 2.45) is 0 Å². The molecule has 2 unspecified atom stereocenters. The summed E-state index contributed by atoms with van der Waals surface area (Å²) in [6.07, 6.45) is 1.57. The molecule has 0 aliphatic carbocycles. The zero-order valence-electron chi connectivity index (χ0n) is 12.4. The van der Waals surface area contributed by atoms with Gasteiger partial charge in [0.1, 0.15) is 11.5 Å². The highest BCUT2D eigenvalue weighted by Gasteiger charge is 2.11. The minimum atomic E-state index is 0.0767. The van der Waals surface area contributed by atoms with Crippen LogP contribution >= 0.6 is 23.2 Å². The van der Waals surface area contributed by atoms with E-state index in [-0.39, 0.29) is 10.8 Å². The zero-order chi connectivity index (χ0) is 15.2. The molecule has 2 aromatic rings. The number of rotatable bonds is 6. The molecule has 0 bridgehead atoms. The van der Waals surface area contributed by atoms with Crippen LogP contribution in [0.25, 0.3) is 0 Å². The first-order valence-corrected chi connectivity index (χ1v) is 8.05. The van der Waals surface area contributed by atoms with Crippen molar-refractivity contribution >= 4 is 23.2 Å². The Labute approximate surface area is 136 Å². The lowest BCUT2D eigenvalue weighted by Gasteiger charge is -2.15. The molecule has 2 atom stereocenters. The summed E-state index contributed by atoms with van der Waals surface area (Å²) in [5.41, 5.74) is 2.24. The van der Waals surface area contributed by atoms with E-state index in [0.29, 0.717) is 0 Å². The van der Waals surface area contributed by atoms with E-state index >= 15 is 0 Å². The number of benzene rings is 2. The third kappa shape index (κ3) is 4.94. The van der Waals surface area contributed by atoms with Crippen LogP contribution in [-0.2, 0) is 12.8 Å². The molecule has 0 heterocycles. The summed E-state index contributed by atoms with van der Waals surface area (Å²) in [6.45, 7) is 3.98. The van der Waals surface area contributed by atoms with Gasteiger partial charge in [0.15, 0.2) is 0 Å². The van der Waals surface area contributed by atoms with Gasteiger partial charge >= 0.3 is 0 Å². The van der Waals surface area contributed by atoms with Crippen LogP contribution in [0.5, 0.6) is 11.5 Å². The van der Waals surface area contributed by atoms with Gasteiger partial charge in [-0.3, -0.25) is 0 Å². The van der Waals surface area contributed by atoms with E-state index in [2.05, 4.69) is 12.1 Å². The normalized spacial score (nSPS) is 13.7. The van der Waals surface area contributed by atoms with Crippen molar-refractivity contribution in [1.82, 2.24) is 0 Å². The van der Waals surface area contributed by atoms with Gasteiger partial charge in [-0.1, -0.05) is 36.4 Å². The van der Waals surface area contributed by atoms with E-state index in [1.165, 1.54) is 0 Å². The van der Waals surface area contributed by atoms with Crippen LogP contribution in [0, 0.1) is 0 Å². The molecule has 0 N–H and O–H groups in total. The monoisotopic (exact) mass is 322 g/mol. The fraction of sp³-hybridized carbons (Fsp3) is 0.333. The Hall–Kier alpha value is -1.18. The van der Waals surface area contributed by atoms with Crippen molar-refractivity contribution in [1.29, 1.82) is 0 Å². The standard InChI is InChI=1S/C18H20Cl2O/c1-13(19)11-15-7-3-5-9-17(15)21-18-10-6-4-8-16(18)12-14(2)20/h3-10,13-14H,11-12H2,1-2H3. The predicted molar refractivity (Wildman–Crippen MR) is 91.0 cm³/mol. The lowest BCUT2D eigenvalue weighted by Crippen LogP contribution is -2.02. The van der Waals surface area contributed by atoms with Crippen LogP contribution in [0.1, 0.15) is 25.0 Å². The summed E-state index contributed by atoms with van der Waals surface area (Å²) in [7, 11) is 0. The Bertz CT molecular complexity index is 527. The third-order valence-electron chi connectivity index (χ3n) is 3.17. The van der Waals surface area contributed by atoms with Crippen molar-refractivity contribution in [2.45, 2.75) is 37.4 Å². The van der Waals surface area contributed by atoms with E-state index in [9.17, 15) is 0 Å². The molecular weight excluding hydrogens is 303 g/mol. The fourth-order valence-corrected chi connectivity index (χ4v) is 2.60. The molecular formula is C18H20Cl2O. The van der Waals surface area contributed by atoms with Crippen LogP contribution in [0.2, 0.25) is 0 Å². The second-order valence-electron chi connectivity index (χ2n) is 5.29. The van der Waals surface area contributed by atoms with Crippen molar-refractivity contribution in [2.75, 3.05) is 0 Å². The molecule has 3 heteroatoms. The summed E-state index contributed by atoms with van der Waals surface area (Å²) >= 11 is 12.2.